The molecule has 0 fully saturated rings. The van der Waals surface area contributed by atoms with Crippen molar-refractivity contribution in [2.24, 2.45) is 7.05 Å². The minimum Gasteiger partial charge on any atom is -0.355 e. The number of nitrogens with zero attached hydrogens (tertiary/aromatic N) is 4. The molecule has 0 unspecified atom stereocenters. The molecule has 6 rings (SSSR count). The Balaban J connectivity index is 1.49. The molecule has 0 saturated carbocycles. The van der Waals surface area contributed by atoms with Gasteiger partial charge in [-0.15, -0.1) is 0 Å². The smallest absolute Gasteiger partial charge is 0.251 e. The number of ketones is 1. The molecule has 0 radical (unpaired) electrons. The summed E-state index contributed by atoms with van der Waals surface area (Å²) in [6, 6.07) is 18.7. The Labute approximate surface area is 206 Å². The first-order valence-corrected chi connectivity index (χ1v) is 11.5. The van der Waals surface area contributed by atoms with Crippen molar-refractivity contribution < 1.29 is 4.79 Å². The Morgan fingerprint density at radius 1 is 0.806 bits per heavy atom. The summed E-state index contributed by atoms with van der Waals surface area (Å²) in [7, 11) is 1.73. The van der Waals surface area contributed by atoms with Crippen LogP contribution in [0.2, 0.25) is 0 Å². The Kier molecular flexibility index (Phi) is 4.89. The van der Waals surface area contributed by atoms with Gasteiger partial charge in [0.25, 0.3) is 5.56 Å². The minimum atomic E-state index is -0.114. The van der Waals surface area contributed by atoms with Gasteiger partial charge >= 0.3 is 0 Å². The van der Waals surface area contributed by atoms with Crippen molar-refractivity contribution in [2.45, 2.75) is 13.8 Å². The molecule has 2 heterocycles. The number of anilines is 4. The number of benzene rings is 3. The maximum atomic E-state index is 13.8. The van der Waals surface area contributed by atoms with E-state index in [-0.39, 0.29) is 11.3 Å². The van der Waals surface area contributed by atoms with E-state index in [1.807, 2.05) is 61.5 Å². The molecule has 0 bridgehead atoms. The topological polar surface area (TPSA) is 102 Å². The number of hydrogen-bond donors (Lipinski definition) is 2. The summed E-state index contributed by atoms with van der Waals surface area (Å²) in [4.78, 5) is 39.0. The van der Waals surface area contributed by atoms with E-state index >= 15 is 0 Å². The standard InChI is InChI=1S/C28H22N6O2/c1-15-8-9-17(32-28-30-14-29-16(2)31-28)12-22(15)33-21-10-11-23-25-20(13-24(35)34(23)3)18-6-4-5-7-19(18)27(36)26(21)25/h4-14,33H,1-3H3,(H,29,30,31,32). The van der Waals surface area contributed by atoms with Gasteiger partial charge in [0.05, 0.1) is 16.8 Å². The van der Waals surface area contributed by atoms with Crippen LogP contribution in [-0.4, -0.2) is 25.3 Å². The van der Waals surface area contributed by atoms with E-state index in [9.17, 15) is 9.59 Å². The fraction of sp³-hybridized carbons (Fsp3) is 0.107. The van der Waals surface area contributed by atoms with Crippen LogP contribution < -0.4 is 16.2 Å². The number of rotatable bonds is 4. The predicted molar refractivity (Wildman–Crippen MR) is 140 cm³/mol. The third-order valence-corrected chi connectivity index (χ3v) is 6.56. The molecule has 8 heteroatoms. The van der Waals surface area contributed by atoms with Crippen molar-refractivity contribution >= 4 is 39.7 Å². The summed E-state index contributed by atoms with van der Waals surface area (Å²) in [5, 5.41) is 7.46. The number of aromatic nitrogens is 4. The Morgan fingerprint density at radius 3 is 2.42 bits per heavy atom. The normalized spacial score (nSPS) is 11.9. The summed E-state index contributed by atoms with van der Waals surface area (Å²) in [5.74, 6) is 1.00. The number of aryl methyl sites for hydroxylation is 3. The highest BCUT2D eigenvalue weighted by molar-refractivity contribution is 6.28. The van der Waals surface area contributed by atoms with Crippen molar-refractivity contribution in [1.82, 2.24) is 19.5 Å². The lowest BCUT2D eigenvalue weighted by Gasteiger charge is -2.24. The van der Waals surface area contributed by atoms with Gasteiger partial charge in [0.15, 0.2) is 5.78 Å². The molecule has 0 aliphatic heterocycles. The van der Waals surface area contributed by atoms with E-state index in [2.05, 4.69) is 25.6 Å². The Morgan fingerprint density at radius 2 is 1.61 bits per heavy atom. The molecular formula is C28H22N6O2. The largest absolute Gasteiger partial charge is 0.355 e. The van der Waals surface area contributed by atoms with Crippen LogP contribution in [0.5, 0.6) is 0 Å². The summed E-state index contributed by atoms with van der Waals surface area (Å²) in [5.41, 5.74) is 6.62. The van der Waals surface area contributed by atoms with Gasteiger partial charge in [-0.3, -0.25) is 9.59 Å². The third-order valence-electron chi connectivity index (χ3n) is 6.56. The highest BCUT2D eigenvalue weighted by Crippen LogP contribution is 2.42. The van der Waals surface area contributed by atoms with Crippen LogP contribution >= 0.6 is 0 Å². The molecule has 1 aliphatic carbocycles. The number of hydrogen-bond acceptors (Lipinski definition) is 7. The molecular weight excluding hydrogens is 452 g/mol. The lowest BCUT2D eigenvalue weighted by Crippen LogP contribution is -2.21. The van der Waals surface area contributed by atoms with Crippen molar-refractivity contribution in [2.75, 3.05) is 10.6 Å². The zero-order chi connectivity index (χ0) is 25.0. The van der Waals surface area contributed by atoms with Gasteiger partial charge < -0.3 is 15.2 Å². The quantitative estimate of drug-likeness (QED) is 0.369. The van der Waals surface area contributed by atoms with Crippen molar-refractivity contribution in [3.05, 3.63) is 99.9 Å². The molecule has 0 saturated heterocycles. The fourth-order valence-electron chi connectivity index (χ4n) is 4.71. The number of nitrogens with one attached hydrogen (secondary N) is 2. The molecule has 0 atom stereocenters. The average Bonchev–Trinajstić information content (AvgIpc) is 2.87. The zero-order valence-corrected chi connectivity index (χ0v) is 20.0. The Hall–Kier alpha value is -4.85. The van der Waals surface area contributed by atoms with Gasteiger partial charge in [0, 0.05) is 35.4 Å². The lowest BCUT2D eigenvalue weighted by molar-refractivity contribution is 0.104. The van der Waals surface area contributed by atoms with E-state index in [0.717, 1.165) is 39.0 Å². The van der Waals surface area contributed by atoms with Crippen LogP contribution in [0.3, 0.4) is 0 Å². The lowest BCUT2D eigenvalue weighted by atomic mass is 9.83. The first-order chi connectivity index (χ1) is 17.4. The molecule has 0 spiro atoms. The molecule has 5 aromatic rings. The third kappa shape index (κ3) is 3.42. The molecule has 2 N–H and O–H groups in total. The number of fused-ring (bicyclic) bond motifs is 2. The van der Waals surface area contributed by atoms with Crippen LogP contribution in [-0.2, 0) is 7.05 Å². The van der Waals surface area contributed by atoms with Gasteiger partial charge in [0.1, 0.15) is 12.2 Å². The second-order valence-corrected chi connectivity index (χ2v) is 8.85. The molecule has 2 aromatic heterocycles. The summed E-state index contributed by atoms with van der Waals surface area (Å²) in [6.45, 7) is 3.80. The summed E-state index contributed by atoms with van der Waals surface area (Å²) >= 11 is 0. The van der Waals surface area contributed by atoms with Gasteiger partial charge in [0.2, 0.25) is 5.95 Å². The highest BCUT2D eigenvalue weighted by atomic mass is 16.1. The second-order valence-electron chi connectivity index (χ2n) is 8.85. The minimum absolute atomic E-state index is 0.0718. The molecule has 1 aliphatic rings. The van der Waals surface area contributed by atoms with Crippen LogP contribution in [0, 0.1) is 13.8 Å². The van der Waals surface area contributed by atoms with E-state index in [4.69, 9.17) is 0 Å². The van der Waals surface area contributed by atoms with Crippen molar-refractivity contribution in [3.8, 4) is 11.1 Å². The fourth-order valence-corrected chi connectivity index (χ4v) is 4.71. The van der Waals surface area contributed by atoms with E-state index in [1.165, 1.54) is 6.33 Å². The van der Waals surface area contributed by atoms with Crippen molar-refractivity contribution in [3.63, 3.8) is 0 Å². The van der Waals surface area contributed by atoms with E-state index < -0.39 is 0 Å². The van der Waals surface area contributed by atoms with Gasteiger partial charge in [-0.05, 0) is 54.8 Å². The molecule has 3 aromatic carbocycles. The number of pyridine rings is 1. The maximum Gasteiger partial charge on any atom is 0.251 e. The molecule has 8 nitrogen and oxygen atoms in total. The van der Waals surface area contributed by atoms with Crippen LogP contribution in [0.1, 0.15) is 27.3 Å². The monoisotopic (exact) mass is 474 g/mol. The summed E-state index contributed by atoms with van der Waals surface area (Å²) < 4.78 is 1.58. The SMILES string of the molecule is Cc1ncnc(Nc2ccc(C)c(Nc3ccc4c5c(cc(=O)n4C)-c4ccccc4C(=O)c35)c2)n1. The van der Waals surface area contributed by atoms with Crippen LogP contribution in [0.25, 0.3) is 22.0 Å². The highest BCUT2D eigenvalue weighted by Gasteiger charge is 2.29. The molecule has 176 valence electrons. The Bertz CT molecular complexity index is 1770. The maximum absolute atomic E-state index is 13.8. The second kappa shape index (κ2) is 8.13. The van der Waals surface area contributed by atoms with Crippen molar-refractivity contribution in [1.29, 1.82) is 0 Å². The van der Waals surface area contributed by atoms with Gasteiger partial charge in [-0.25, -0.2) is 9.97 Å². The van der Waals surface area contributed by atoms with E-state index in [1.54, 1.807) is 24.6 Å². The van der Waals surface area contributed by atoms with Crippen LogP contribution in [0.4, 0.5) is 23.0 Å². The first-order valence-electron chi connectivity index (χ1n) is 11.5. The first kappa shape index (κ1) is 21.7. The average molecular weight is 475 g/mol. The van der Waals surface area contributed by atoms with E-state index in [0.29, 0.717) is 28.6 Å². The van der Waals surface area contributed by atoms with Gasteiger partial charge in [-0.1, -0.05) is 30.3 Å². The predicted octanol–water partition coefficient (Wildman–Crippen LogP) is 5.04. The zero-order valence-electron chi connectivity index (χ0n) is 20.0. The van der Waals surface area contributed by atoms with Crippen LogP contribution in [0.15, 0.2) is 71.8 Å². The molecule has 0 amide bonds. The number of carbonyl (C=O) groups is 1. The van der Waals surface area contributed by atoms with Gasteiger partial charge in [-0.2, -0.15) is 4.98 Å². The summed E-state index contributed by atoms with van der Waals surface area (Å²) in [6.07, 6.45) is 1.46. The number of carbonyl (C=O) groups excluding carboxylic acids is 1. The molecule has 36 heavy (non-hydrogen) atoms.